The SMILES string of the molecule is C=C(/C=C\C(=C/C)c1cc2c(cc1Cl)OC(F)(F)O2)NC(=O)c1ncsc1C. The largest absolute Gasteiger partial charge is 0.586 e. The van der Waals surface area contributed by atoms with Crippen LogP contribution in [0.5, 0.6) is 11.5 Å². The molecule has 1 amide bonds. The molecule has 0 aliphatic carbocycles. The molecule has 3 rings (SSSR count). The number of aromatic nitrogens is 1. The second kappa shape index (κ2) is 7.73. The second-order valence-corrected chi connectivity index (χ2v) is 7.23. The van der Waals surface area contributed by atoms with E-state index in [0.717, 1.165) is 4.88 Å². The van der Waals surface area contributed by atoms with Gasteiger partial charge in [0.2, 0.25) is 0 Å². The van der Waals surface area contributed by atoms with Crippen molar-refractivity contribution in [3.63, 3.8) is 0 Å². The standard InChI is InChI=1S/C19H15ClF2N2O3S/c1-4-12(6-5-10(2)24-18(25)17-11(3)28-9-23-17)13-7-15-16(8-14(13)20)27-19(21,22)26-15/h4-9H,2H2,1,3H3,(H,24,25)/b6-5-,12-4+. The lowest BCUT2D eigenvalue weighted by molar-refractivity contribution is -0.286. The van der Waals surface area contributed by atoms with Crippen molar-refractivity contribution >= 4 is 34.4 Å². The number of rotatable bonds is 5. The van der Waals surface area contributed by atoms with E-state index >= 15 is 0 Å². The molecule has 1 aliphatic rings. The van der Waals surface area contributed by atoms with Crippen molar-refractivity contribution < 1.29 is 23.0 Å². The molecule has 0 saturated heterocycles. The Balaban J connectivity index is 1.75. The van der Waals surface area contributed by atoms with Gasteiger partial charge in [-0.15, -0.1) is 20.1 Å². The Morgan fingerprint density at radius 3 is 2.61 bits per heavy atom. The van der Waals surface area contributed by atoms with Crippen molar-refractivity contribution in [3.8, 4) is 11.5 Å². The minimum Gasteiger partial charge on any atom is -0.395 e. The number of aryl methyl sites for hydroxylation is 1. The van der Waals surface area contributed by atoms with Gasteiger partial charge in [-0.2, -0.15) is 0 Å². The summed E-state index contributed by atoms with van der Waals surface area (Å²) in [5, 5.41) is 2.85. The lowest BCUT2D eigenvalue weighted by Gasteiger charge is -2.08. The Hall–Kier alpha value is -2.71. The van der Waals surface area contributed by atoms with E-state index in [0.29, 0.717) is 22.5 Å². The topological polar surface area (TPSA) is 60.5 Å². The van der Waals surface area contributed by atoms with Crippen LogP contribution in [0.3, 0.4) is 0 Å². The molecule has 0 atom stereocenters. The van der Waals surface area contributed by atoms with Gasteiger partial charge in [0.1, 0.15) is 5.69 Å². The summed E-state index contributed by atoms with van der Waals surface area (Å²) < 4.78 is 35.3. The first kappa shape index (κ1) is 20.0. The minimum atomic E-state index is -3.72. The average Bonchev–Trinajstić information content (AvgIpc) is 3.16. The van der Waals surface area contributed by atoms with Crippen molar-refractivity contribution in [2.45, 2.75) is 20.1 Å². The van der Waals surface area contributed by atoms with Crippen LogP contribution in [0.1, 0.15) is 27.9 Å². The zero-order valence-electron chi connectivity index (χ0n) is 14.9. The summed E-state index contributed by atoms with van der Waals surface area (Å²) in [7, 11) is 0. The van der Waals surface area contributed by atoms with Gasteiger partial charge in [-0.3, -0.25) is 4.79 Å². The van der Waals surface area contributed by atoms with Gasteiger partial charge < -0.3 is 14.8 Å². The van der Waals surface area contributed by atoms with Gasteiger partial charge in [-0.25, -0.2) is 4.98 Å². The van der Waals surface area contributed by atoms with Crippen LogP contribution in [0.25, 0.3) is 5.57 Å². The smallest absolute Gasteiger partial charge is 0.395 e. The van der Waals surface area contributed by atoms with Crippen molar-refractivity contribution in [2.24, 2.45) is 0 Å². The van der Waals surface area contributed by atoms with Crippen LogP contribution in [0, 0.1) is 6.92 Å². The normalized spacial score (nSPS) is 15.1. The third-order valence-electron chi connectivity index (χ3n) is 3.81. The number of amides is 1. The number of carbonyl (C=O) groups excluding carboxylic acids is 1. The lowest BCUT2D eigenvalue weighted by atomic mass is 10.0. The first-order valence-corrected chi connectivity index (χ1v) is 9.30. The maximum Gasteiger partial charge on any atom is 0.586 e. The first-order chi connectivity index (χ1) is 13.2. The summed E-state index contributed by atoms with van der Waals surface area (Å²) in [4.78, 5) is 17.0. The molecule has 5 nitrogen and oxygen atoms in total. The average molecular weight is 425 g/mol. The number of allylic oxidation sites excluding steroid dienone is 4. The number of halogens is 3. The van der Waals surface area contributed by atoms with Crippen LogP contribution < -0.4 is 14.8 Å². The lowest BCUT2D eigenvalue weighted by Crippen LogP contribution is -2.25. The monoisotopic (exact) mass is 424 g/mol. The number of alkyl halides is 2. The second-order valence-electron chi connectivity index (χ2n) is 5.76. The van der Waals surface area contributed by atoms with Crippen LogP contribution in [0.4, 0.5) is 8.78 Å². The minimum absolute atomic E-state index is 0.108. The third kappa shape index (κ3) is 4.23. The molecule has 0 spiro atoms. The molecule has 1 aliphatic heterocycles. The molecule has 9 heteroatoms. The molecule has 2 heterocycles. The van der Waals surface area contributed by atoms with E-state index in [1.807, 2.05) is 0 Å². The van der Waals surface area contributed by atoms with Gasteiger partial charge in [0.25, 0.3) is 5.91 Å². The number of carbonyl (C=O) groups is 1. The summed E-state index contributed by atoms with van der Waals surface area (Å²) in [6.45, 7) is 7.35. The summed E-state index contributed by atoms with van der Waals surface area (Å²) in [6, 6.07) is 2.64. The van der Waals surface area contributed by atoms with Crippen LogP contribution in [0.15, 0.2) is 48.1 Å². The highest BCUT2D eigenvalue weighted by atomic mass is 35.5. The van der Waals surface area contributed by atoms with E-state index in [1.54, 1.807) is 37.6 Å². The highest BCUT2D eigenvalue weighted by molar-refractivity contribution is 7.09. The van der Waals surface area contributed by atoms with Gasteiger partial charge in [-0.05, 0) is 31.6 Å². The Bertz CT molecular complexity index is 1010. The molecular formula is C19H15ClF2N2O3S. The molecule has 2 aromatic rings. The van der Waals surface area contributed by atoms with Crippen LogP contribution in [-0.4, -0.2) is 17.2 Å². The molecule has 1 aromatic carbocycles. The van der Waals surface area contributed by atoms with Crippen LogP contribution >= 0.6 is 22.9 Å². The summed E-state index contributed by atoms with van der Waals surface area (Å²) in [6.07, 6.45) is 1.24. The number of ether oxygens (including phenoxy) is 2. The fourth-order valence-corrected chi connectivity index (χ4v) is 3.33. The predicted molar refractivity (Wildman–Crippen MR) is 104 cm³/mol. The molecule has 1 aromatic heterocycles. The third-order valence-corrected chi connectivity index (χ3v) is 4.88. The van der Waals surface area contributed by atoms with Gasteiger partial charge in [-0.1, -0.05) is 30.3 Å². The zero-order valence-corrected chi connectivity index (χ0v) is 16.5. The Morgan fingerprint density at radius 2 is 2.00 bits per heavy atom. The Kier molecular flexibility index (Phi) is 5.53. The van der Waals surface area contributed by atoms with E-state index in [1.165, 1.54) is 23.5 Å². The quantitative estimate of drug-likeness (QED) is 0.659. The number of nitrogens with one attached hydrogen (secondary N) is 1. The van der Waals surface area contributed by atoms with E-state index in [-0.39, 0.29) is 22.4 Å². The summed E-state index contributed by atoms with van der Waals surface area (Å²) in [5.74, 6) is -0.601. The number of hydrogen-bond donors (Lipinski definition) is 1. The van der Waals surface area contributed by atoms with Crippen LogP contribution in [0.2, 0.25) is 5.02 Å². The van der Waals surface area contributed by atoms with E-state index in [4.69, 9.17) is 11.6 Å². The number of hydrogen-bond acceptors (Lipinski definition) is 5. The van der Waals surface area contributed by atoms with E-state index < -0.39 is 6.29 Å². The van der Waals surface area contributed by atoms with E-state index in [9.17, 15) is 13.6 Å². The highest BCUT2D eigenvalue weighted by Crippen LogP contribution is 2.45. The molecule has 1 N–H and O–H groups in total. The number of nitrogens with zero attached hydrogens (tertiary/aromatic N) is 1. The Labute approximate surface area is 168 Å². The summed E-state index contributed by atoms with van der Waals surface area (Å²) >= 11 is 7.58. The highest BCUT2D eigenvalue weighted by Gasteiger charge is 2.43. The predicted octanol–water partition coefficient (Wildman–Crippen LogP) is 5.33. The molecular weight excluding hydrogens is 410 g/mol. The Morgan fingerprint density at radius 1 is 1.32 bits per heavy atom. The molecule has 0 saturated carbocycles. The van der Waals surface area contributed by atoms with Crippen molar-refractivity contribution in [3.05, 3.63) is 69.3 Å². The van der Waals surface area contributed by atoms with Crippen molar-refractivity contribution in [1.29, 1.82) is 0 Å². The number of benzene rings is 1. The number of fused-ring (bicyclic) bond motifs is 1. The number of thiazole rings is 1. The molecule has 0 bridgehead atoms. The maximum atomic E-state index is 13.2. The first-order valence-electron chi connectivity index (χ1n) is 8.04. The molecule has 0 unspecified atom stereocenters. The van der Waals surface area contributed by atoms with Gasteiger partial charge in [0.05, 0.1) is 10.5 Å². The fraction of sp³-hybridized carbons (Fsp3) is 0.158. The molecule has 146 valence electrons. The maximum absolute atomic E-state index is 13.2. The van der Waals surface area contributed by atoms with Crippen LogP contribution in [-0.2, 0) is 0 Å². The summed E-state index contributed by atoms with van der Waals surface area (Å²) in [5.41, 5.74) is 3.35. The molecule has 0 fully saturated rings. The molecule has 0 radical (unpaired) electrons. The zero-order chi connectivity index (χ0) is 20.5. The van der Waals surface area contributed by atoms with Crippen molar-refractivity contribution in [2.75, 3.05) is 0 Å². The van der Waals surface area contributed by atoms with Crippen molar-refractivity contribution in [1.82, 2.24) is 10.3 Å². The van der Waals surface area contributed by atoms with Gasteiger partial charge in [0, 0.05) is 22.2 Å². The molecule has 28 heavy (non-hydrogen) atoms. The van der Waals surface area contributed by atoms with Gasteiger partial charge in [0.15, 0.2) is 11.5 Å². The van der Waals surface area contributed by atoms with E-state index in [2.05, 4.69) is 26.4 Å². The fourth-order valence-electron chi connectivity index (χ4n) is 2.49. The van der Waals surface area contributed by atoms with Gasteiger partial charge >= 0.3 is 6.29 Å².